The van der Waals surface area contributed by atoms with Gasteiger partial charge in [0.1, 0.15) is 23.8 Å². The van der Waals surface area contributed by atoms with Crippen molar-refractivity contribution in [3.63, 3.8) is 0 Å². The van der Waals surface area contributed by atoms with Crippen molar-refractivity contribution in [2.24, 2.45) is 0 Å². The number of carbonyl (C=O) groups excluding carboxylic acids is 2. The van der Waals surface area contributed by atoms with E-state index in [1.54, 1.807) is 32.9 Å². The minimum atomic E-state index is -0.715. The maximum atomic E-state index is 14.9. The van der Waals surface area contributed by atoms with Crippen molar-refractivity contribution in [2.75, 3.05) is 34.4 Å². The Bertz CT molecular complexity index is 988. The molecule has 0 N–H and O–H groups in total. The lowest BCUT2D eigenvalue weighted by atomic mass is 9.93. The quantitative estimate of drug-likeness (QED) is 0.586. The number of hydrogen-bond acceptors (Lipinski definition) is 7. The predicted octanol–water partition coefficient (Wildman–Crippen LogP) is 5.19. The van der Waals surface area contributed by atoms with E-state index < -0.39 is 23.9 Å². The van der Waals surface area contributed by atoms with Gasteiger partial charge < -0.3 is 14.0 Å². The molecule has 2 saturated heterocycles. The van der Waals surface area contributed by atoms with Gasteiger partial charge in [0, 0.05) is 6.07 Å². The summed E-state index contributed by atoms with van der Waals surface area (Å²) in [6.07, 6.45) is 1.38. The highest BCUT2D eigenvalue weighted by atomic mass is 32.2. The molecule has 10 heteroatoms. The van der Waals surface area contributed by atoms with Crippen LogP contribution in [0.5, 0.6) is 0 Å². The molecule has 0 unspecified atom stereocenters. The Kier molecular flexibility index (Phi) is 6.83. The monoisotopic (exact) mass is 477 g/mol. The molecular weight excluding hydrogens is 449 g/mol. The van der Waals surface area contributed by atoms with E-state index in [-0.39, 0.29) is 30.6 Å². The van der Waals surface area contributed by atoms with Crippen LogP contribution in [0.25, 0.3) is 0 Å². The third-order valence-electron chi connectivity index (χ3n) is 5.53. The fourth-order valence-corrected chi connectivity index (χ4v) is 5.09. The molecule has 33 heavy (non-hydrogen) atoms. The highest BCUT2D eigenvalue weighted by Crippen LogP contribution is 2.35. The fraction of sp³-hybridized carbons (Fsp3) is 0.522. The average molecular weight is 478 g/mol. The van der Waals surface area contributed by atoms with E-state index in [4.69, 9.17) is 14.0 Å². The fourth-order valence-electron chi connectivity index (χ4n) is 3.98. The van der Waals surface area contributed by atoms with E-state index in [0.29, 0.717) is 11.3 Å². The molecule has 2 aliphatic rings. The molecule has 1 atom stereocenters. The lowest BCUT2D eigenvalue weighted by Crippen LogP contribution is -2.42. The average Bonchev–Trinajstić information content (AvgIpc) is 3.41. The summed E-state index contributed by atoms with van der Waals surface area (Å²) in [5.74, 6) is 2.22. The Hall–Kier alpha value is -2.75. The number of aromatic nitrogens is 1. The number of cyclic esters (lactones) is 1. The predicted molar refractivity (Wildman–Crippen MR) is 123 cm³/mol. The van der Waals surface area contributed by atoms with Crippen LogP contribution in [0, 0.1) is 5.82 Å². The molecule has 2 amide bonds. The van der Waals surface area contributed by atoms with Crippen molar-refractivity contribution in [3.05, 3.63) is 41.9 Å². The molecule has 0 radical (unpaired) electrons. The lowest BCUT2D eigenvalue weighted by molar-refractivity contribution is 0.0556. The second-order valence-electron chi connectivity index (χ2n) is 9.16. The zero-order valence-electron chi connectivity index (χ0n) is 19.0. The number of rotatable bonds is 5. The second kappa shape index (κ2) is 9.62. The standard InChI is InChI=1S/C23H28FN3O5S/c1-23(2,3)32-22(29)27(20-6-9-30-25-20)14-17-13-26(21(28)31-17)16-4-5-18(19(24)12-16)15-7-10-33-11-8-15/h4-6,9,12,15,17H,7-8,10-11,13-14H2,1-3H3/t17-/m1/s1. The molecule has 2 fully saturated rings. The van der Waals surface area contributed by atoms with Crippen molar-refractivity contribution in [1.29, 1.82) is 0 Å². The minimum Gasteiger partial charge on any atom is -0.443 e. The van der Waals surface area contributed by atoms with Crippen LogP contribution < -0.4 is 9.80 Å². The zero-order chi connectivity index (χ0) is 23.6. The van der Waals surface area contributed by atoms with Gasteiger partial charge in [-0.2, -0.15) is 11.8 Å². The molecule has 3 heterocycles. The summed E-state index contributed by atoms with van der Waals surface area (Å²) in [4.78, 5) is 27.9. The van der Waals surface area contributed by atoms with Gasteiger partial charge in [-0.1, -0.05) is 11.2 Å². The largest absolute Gasteiger partial charge is 0.443 e. The summed E-state index contributed by atoms with van der Waals surface area (Å²) < 4.78 is 30.7. The van der Waals surface area contributed by atoms with E-state index in [2.05, 4.69) is 5.16 Å². The van der Waals surface area contributed by atoms with Crippen LogP contribution in [-0.2, 0) is 9.47 Å². The Morgan fingerprint density at radius 2 is 2.06 bits per heavy atom. The number of carbonyl (C=O) groups is 2. The maximum Gasteiger partial charge on any atom is 0.416 e. The van der Waals surface area contributed by atoms with Crippen LogP contribution in [0.3, 0.4) is 0 Å². The minimum absolute atomic E-state index is 0.0179. The molecule has 0 saturated carbocycles. The van der Waals surface area contributed by atoms with Gasteiger partial charge in [0.2, 0.25) is 0 Å². The van der Waals surface area contributed by atoms with E-state index in [0.717, 1.165) is 24.3 Å². The van der Waals surface area contributed by atoms with Crippen LogP contribution in [0.2, 0.25) is 0 Å². The molecule has 1 aromatic heterocycles. The van der Waals surface area contributed by atoms with Gasteiger partial charge in [0.05, 0.1) is 18.8 Å². The summed E-state index contributed by atoms with van der Waals surface area (Å²) >= 11 is 1.89. The molecule has 8 nitrogen and oxygen atoms in total. The van der Waals surface area contributed by atoms with Crippen LogP contribution >= 0.6 is 11.8 Å². The first-order chi connectivity index (χ1) is 15.7. The number of halogens is 1. The highest BCUT2D eigenvalue weighted by molar-refractivity contribution is 7.99. The van der Waals surface area contributed by atoms with Crippen LogP contribution in [-0.4, -0.2) is 53.6 Å². The van der Waals surface area contributed by atoms with Crippen molar-refractivity contribution in [3.8, 4) is 0 Å². The molecule has 0 spiro atoms. The number of ether oxygens (including phenoxy) is 2. The van der Waals surface area contributed by atoms with Crippen LogP contribution in [0.1, 0.15) is 45.1 Å². The first kappa shape index (κ1) is 23.4. The molecule has 1 aromatic carbocycles. The van der Waals surface area contributed by atoms with Gasteiger partial charge in [-0.25, -0.2) is 14.0 Å². The Balaban J connectivity index is 1.47. The number of amides is 2. The summed E-state index contributed by atoms with van der Waals surface area (Å²) in [5, 5.41) is 3.82. The molecule has 0 aliphatic carbocycles. The van der Waals surface area contributed by atoms with E-state index >= 15 is 0 Å². The highest BCUT2D eigenvalue weighted by Gasteiger charge is 2.37. The Morgan fingerprint density at radius 1 is 1.30 bits per heavy atom. The lowest BCUT2D eigenvalue weighted by Gasteiger charge is -2.26. The SMILES string of the molecule is CC(C)(C)OC(=O)N(C[C@H]1CN(c2ccc(C3CCSCC3)c(F)c2)C(=O)O1)c1ccon1. The van der Waals surface area contributed by atoms with Gasteiger partial charge in [0.15, 0.2) is 5.82 Å². The van der Waals surface area contributed by atoms with Gasteiger partial charge in [-0.15, -0.1) is 0 Å². The second-order valence-corrected chi connectivity index (χ2v) is 10.4. The number of hydrogen-bond donors (Lipinski definition) is 0. The van der Waals surface area contributed by atoms with Gasteiger partial charge in [-0.05, 0) is 68.7 Å². The molecule has 0 bridgehead atoms. The molecule has 4 rings (SSSR count). The van der Waals surface area contributed by atoms with Gasteiger partial charge >= 0.3 is 12.2 Å². The first-order valence-corrected chi connectivity index (χ1v) is 12.1. The summed E-state index contributed by atoms with van der Waals surface area (Å²) in [6.45, 7) is 5.45. The van der Waals surface area contributed by atoms with E-state index in [1.807, 2.05) is 11.8 Å². The molecular formula is C23H28FN3O5S. The van der Waals surface area contributed by atoms with E-state index in [1.165, 1.54) is 28.2 Å². The van der Waals surface area contributed by atoms with Crippen molar-refractivity contribution >= 4 is 35.5 Å². The summed E-state index contributed by atoms with van der Waals surface area (Å²) in [6, 6.07) is 6.45. The Labute approximate surface area is 196 Å². The van der Waals surface area contributed by atoms with Crippen molar-refractivity contribution in [2.45, 2.75) is 51.2 Å². The van der Waals surface area contributed by atoms with Crippen LogP contribution in [0.15, 0.2) is 35.1 Å². The third kappa shape index (κ3) is 5.61. The maximum absolute atomic E-state index is 14.9. The number of thioether (sulfide) groups is 1. The number of nitrogens with zero attached hydrogens (tertiary/aromatic N) is 3. The van der Waals surface area contributed by atoms with Crippen molar-refractivity contribution < 1.29 is 28.0 Å². The van der Waals surface area contributed by atoms with E-state index in [9.17, 15) is 14.0 Å². The van der Waals surface area contributed by atoms with Gasteiger partial charge in [-0.3, -0.25) is 9.80 Å². The third-order valence-corrected chi connectivity index (χ3v) is 6.58. The molecule has 2 aliphatic heterocycles. The van der Waals surface area contributed by atoms with Crippen molar-refractivity contribution in [1.82, 2.24) is 5.16 Å². The summed E-state index contributed by atoms with van der Waals surface area (Å²) in [5.41, 5.74) is 0.415. The topological polar surface area (TPSA) is 85.1 Å². The Morgan fingerprint density at radius 3 is 2.70 bits per heavy atom. The molecule has 2 aromatic rings. The molecule has 178 valence electrons. The first-order valence-electron chi connectivity index (χ1n) is 11.0. The summed E-state index contributed by atoms with van der Waals surface area (Å²) in [7, 11) is 0. The number of anilines is 2. The normalized spacial score (nSPS) is 19.5. The van der Waals surface area contributed by atoms with Gasteiger partial charge in [0.25, 0.3) is 0 Å². The smallest absolute Gasteiger partial charge is 0.416 e. The number of benzene rings is 1. The van der Waals surface area contributed by atoms with Crippen LogP contribution in [0.4, 0.5) is 25.5 Å². The zero-order valence-corrected chi connectivity index (χ0v) is 19.8.